The van der Waals surface area contributed by atoms with E-state index in [9.17, 15) is 9.59 Å². The van der Waals surface area contributed by atoms with Crippen molar-refractivity contribution < 1.29 is 9.59 Å². The fourth-order valence-corrected chi connectivity index (χ4v) is 7.12. The average molecular weight is 450 g/mol. The monoisotopic (exact) mass is 449 g/mol. The summed E-state index contributed by atoms with van der Waals surface area (Å²) in [6.45, 7) is 0. The number of aromatic nitrogens is 1. The minimum atomic E-state index is -0.874. The minimum Gasteiger partial charge on any atom is -0.363 e. The Morgan fingerprint density at radius 1 is 0.727 bits per heavy atom. The lowest BCUT2D eigenvalue weighted by Crippen LogP contribution is -2.56. The molecular weight excluding hydrogens is 410 g/mol. The molecule has 2 bridgehead atoms. The molecule has 2 unspecified atom stereocenters. The number of carbonyl (C=O) groups is 2. The van der Waals surface area contributed by atoms with Crippen LogP contribution in [0, 0.1) is 0 Å². The predicted octanol–water partition coefficient (Wildman–Crippen LogP) is 5.76. The SMILES string of the molecule is NC(=O)C(=O)c1cn(C2CC3CCC[C@@H](C2)N3C2CCCCCCCCC2)c2ccccc12. The molecule has 3 aliphatic rings. The molecule has 1 aromatic carbocycles. The fourth-order valence-electron chi connectivity index (χ4n) is 7.12. The summed E-state index contributed by atoms with van der Waals surface area (Å²) in [7, 11) is 0. The van der Waals surface area contributed by atoms with Crippen molar-refractivity contribution in [1.82, 2.24) is 9.47 Å². The molecule has 0 spiro atoms. The first-order valence-corrected chi connectivity index (χ1v) is 13.3. The maximum Gasteiger partial charge on any atom is 0.289 e. The molecule has 2 aliphatic heterocycles. The van der Waals surface area contributed by atoms with Gasteiger partial charge in [-0.2, -0.15) is 0 Å². The van der Waals surface area contributed by atoms with Crippen molar-refractivity contribution in [1.29, 1.82) is 0 Å². The number of primary amides is 1. The van der Waals surface area contributed by atoms with Crippen molar-refractivity contribution in [3.8, 4) is 0 Å². The second-order valence-electron chi connectivity index (χ2n) is 10.7. The van der Waals surface area contributed by atoms with Crippen LogP contribution in [0.25, 0.3) is 10.9 Å². The summed E-state index contributed by atoms with van der Waals surface area (Å²) in [4.78, 5) is 27.1. The van der Waals surface area contributed by atoms with Gasteiger partial charge in [-0.1, -0.05) is 69.6 Å². The van der Waals surface area contributed by atoms with Crippen molar-refractivity contribution in [2.75, 3.05) is 0 Å². The van der Waals surface area contributed by atoms with Gasteiger partial charge in [0, 0.05) is 41.3 Å². The van der Waals surface area contributed by atoms with Crippen LogP contribution < -0.4 is 5.73 Å². The first-order chi connectivity index (χ1) is 16.1. The zero-order valence-electron chi connectivity index (χ0n) is 19.9. The standard InChI is InChI=1S/C28H39N3O2/c29-28(33)27(32)25-19-30(26-16-9-8-15-24(25)26)23-17-21-13-10-14-22(18-23)31(21)20-11-6-4-2-1-3-5-7-12-20/h8-9,15-16,19-23H,1-7,10-14,17-18H2,(H2,29,33)/t21-,22?,23?/m0/s1. The Morgan fingerprint density at radius 3 is 1.94 bits per heavy atom. The van der Waals surface area contributed by atoms with Gasteiger partial charge in [-0.15, -0.1) is 0 Å². The zero-order valence-corrected chi connectivity index (χ0v) is 19.9. The van der Waals surface area contributed by atoms with Crippen LogP contribution in [0.1, 0.15) is 106 Å². The molecule has 2 saturated heterocycles. The number of amides is 1. The van der Waals surface area contributed by atoms with Crippen molar-refractivity contribution in [2.24, 2.45) is 5.73 Å². The lowest BCUT2D eigenvalue weighted by Gasteiger charge is -2.53. The summed E-state index contributed by atoms with van der Waals surface area (Å²) < 4.78 is 2.29. The number of hydrogen-bond acceptors (Lipinski definition) is 3. The van der Waals surface area contributed by atoms with Crippen LogP contribution in [-0.4, -0.2) is 39.3 Å². The van der Waals surface area contributed by atoms with E-state index in [0.717, 1.165) is 29.8 Å². The Bertz CT molecular complexity index is 972. The number of fused-ring (bicyclic) bond motifs is 3. The molecule has 3 atom stereocenters. The highest BCUT2D eigenvalue weighted by atomic mass is 16.2. The van der Waals surface area contributed by atoms with E-state index in [0.29, 0.717) is 23.7 Å². The summed E-state index contributed by atoms with van der Waals surface area (Å²) in [6, 6.07) is 10.4. The lowest BCUT2D eigenvalue weighted by molar-refractivity contribution is -0.114. The van der Waals surface area contributed by atoms with E-state index >= 15 is 0 Å². The molecule has 3 heterocycles. The maximum atomic E-state index is 12.5. The third-order valence-corrected chi connectivity index (χ3v) is 8.60. The Morgan fingerprint density at radius 2 is 1.30 bits per heavy atom. The molecule has 33 heavy (non-hydrogen) atoms. The van der Waals surface area contributed by atoms with Gasteiger partial charge in [0.05, 0.1) is 5.56 Å². The van der Waals surface area contributed by atoms with Gasteiger partial charge in [-0.05, 0) is 44.6 Å². The summed E-state index contributed by atoms with van der Waals surface area (Å²) >= 11 is 0. The average Bonchev–Trinajstić information content (AvgIpc) is 3.21. The lowest BCUT2D eigenvalue weighted by atomic mass is 9.79. The van der Waals surface area contributed by atoms with Crippen LogP contribution in [0.3, 0.4) is 0 Å². The molecule has 1 saturated carbocycles. The van der Waals surface area contributed by atoms with E-state index in [1.54, 1.807) is 0 Å². The summed E-state index contributed by atoms with van der Waals surface area (Å²) in [5.74, 6) is -1.45. The molecule has 5 rings (SSSR count). The van der Waals surface area contributed by atoms with Crippen LogP contribution in [-0.2, 0) is 4.79 Å². The number of para-hydroxylation sites is 1. The summed E-state index contributed by atoms with van der Waals surface area (Å²) in [5, 5.41) is 0.848. The largest absolute Gasteiger partial charge is 0.363 e. The van der Waals surface area contributed by atoms with Crippen molar-refractivity contribution in [2.45, 2.75) is 114 Å². The Kier molecular flexibility index (Phi) is 6.86. The van der Waals surface area contributed by atoms with Crippen molar-refractivity contribution >= 4 is 22.6 Å². The molecule has 0 radical (unpaired) electrons. The van der Waals surface area contributed by atoms with E-state index < -0.39 is 11.7 Å². The second-order valence-corrected chi connectivity index (χ2v) is 10.7. The molecule has 1 aliphatic carbocycles. The van der Waals surface area contributed by atoms with Gasteiger partial charge >= 0.3 is 0 Å². The number of piperidine rings is 2. The molecule has 5 nitrogen and oxygen atoms in total. The number of nitrogens with zero attached hydrogens (tertiary/aromatic N) is 2. The zero-order chi connectivity index (χ0) is 22.8. The molecule has 2 N–H and O–H groups in total. The first kappa shape index (κ1) is 22.6. The van der Waals surface area contributed by atoms with Gasteiger partial charge in [-0.25, -0.2) is 0 Å². The van der Waals surface area contributed by atoms with E-state index in [4.69, 9.17) is 5.73 Å². The maximum absolute atomic E-state index is 12.5. The fraction of sp³-hybridized carbons (Fsp3) is 0.643. The Labute approximate surface area is 197 Å². The second kappa shape index (κ2) is 10.0. The topological polar surface area (TPSA) is 68.3 Å². The highest BCUT2D eigenvalue weighted by Gasteiger charge is 2.42. The molecule has 3 fully saturated rings. The third-order valence-electron chi connectivity index (χ3n) is 8.60. The van der Waals surface area contributed by atoms with Crippen LogP contribution in [0.4, 0.5) is 0 Å². The number of Topliss-reactive ketones (excluding diaryl/α,β-unsaturated/α-hetero) is 1. The molecule has 1 amide bonds. The quantitative estimate of drug-likeness (QED) is 0.476. The molecular formula is C28H39N3O2. The minimum absolute atomic E-state index is 0.371. The van der Waals surface area contributed by atoms with E-state index in [1.807, 2.05) is 24.4 Å². The summed E-state index contributed by atoms with van der Waals surface area (Å²) in [6.07, 6.45) is 20.6. The number of nitrogens with two attached hydrogens (primary N) is 1. The van der Waals surface area contributed by atoms with Gasteiger partial charge in [0.1, 0.15) is 0 Å². The van der Waals surface area contributed by atoms with Crippen LogP contribution in [0.15, 0.2) is 30.5 Å². The van der Waals surface area contributed by atoms with Crippen molar-refractivity contribution in [3.05, 3.63) is 36.0 Å². The van der Waals surface area contributed by atoms with Gasteiger partial charge in [0.25, 0.3) is 11.7 Å². The van der Waals surface area contributed by atoms with Crippen LogP contribution in [0.2, 0.25) is 0 Å². The van der Waals surface area contributed by atoms with Gasteiger partial charge in [0.15, 0.2) is 0 Å². The number of carbonyl (C=O) groups excluding carboxylic acids is 2. The van der Waals surface area contributed by atoms with Gasteiger partial charge in [-0.3, -0.25) is 14.5 Å². The summed E-state index contributed by atoms with van der Waals surface area (Å²) in [5.41, 5.74) is 6.87. The highest BCUT2D eigenvalue weighted by molar-refractivity contribution is 6.44. The molecule has 1 aromatic heterocycles. The number of ketones is 1. The molecule has 178 valence electrons. The smallest absolute Gasteiger partial charge is 0.289 e. The number of rotatable bonds is 4. The third kappa shape index (κ3) is 4.62. The van der Waals surface area contributed by atoms with E-state index in [1.165, 1.54) is 77.0 Å². The normalized spacial score (nSPS) is 27.9. The van der Waals surface area contributed by atoms with Gasteiger partial charge in [0.2, 0.25) is 0 Å². The van der Waals surface area contributed by atoms with Crippen LogP contribution in [0.5, 0.6) is 0 Å². The number of benzene rings is 1. The highest BCUT2D eigenvalue weighted by Crippen LogP contribution is 2.43. The van der Waals surface area contributed by atoms with Crippen LogP contribution >= 0.6 is 0 Å². The number of hydrogen-bond donors (Lipinski definition) is 1. The van der Waals surface area contributed by atoms with E-state index in [-0.39, 0.29) is 0 Å². The Balaban J connectivity index is 1.40. The first-order valence-electron chi connectivity index (χ1n) is 13.3. The van der Waals surface area contributed by atoms with Crippen molar-refractivity contribution in [3.63, 3.8) is 0 Å². The van der Waals surface area contributed by atoms with Gasteiger partial charge < -0.3 is 10.3 Å². The molecule has 5 heteroatoms. The van der Waals surface area contributed by atoms with E-state index in [2.05, 4.69) is 15.5 Å². The Hall–Kier alpha value is -2.14. The molecule has 2 aromatic rings. The predicted molar refractivity (Wildman–Crippen MR) is 132 cm³/mol.